The van der Waals surface area contributed by atoms with Gasteiger partial charge in [0.2, 0.25) is 0 Å². The van der Waals surface area contributed by atoms with E-state index in [9.17, 15) is 9.90 Å². The van der Waals surface area contributed by atoms with Crippen molar-refractivity contribution in [2.24, 2.45) is 0 Å². The predicted molar refractivity (Wildman–Crippen MR) is 95.9 cm³/mol. The summed E-state index contributed by atoms with van der Waals surface area (Å²) >= 11 is 0. The van der Waals surface area contributed by atoms with Gasteiger partial charge < -0.3 is 14.7 Å². The van der Waals surface area contributed by atoms with Crippen LogP contribution in [0.25, 0.3) is 10.9 Å². The molecule has 25 heavy (non-hydrogen) atoms. The molecule has 0 aliphatic carbocycles. The lowest BCUT2D eigenvalue weighted by atomic mass is 9.92. The first kappa shape index (κ1) is 15.2. The molecule has 2 aromatic heterocycles. The van der Waals surface area contributed by atoms with Gasteiger partial charge in [-0.05, 0) is 24.6 Å². The molecule has 124 valence electrons. The van der Waals surface area contributed by atoms with Gasteiger partial charge in [-0.2, -0.15) is 0 Å². The molecule has 5 heteroatoms. The van der Waals surface area contributed by atoms with E-state index < -0.39 is 5.97 Å². The van der Waals surface area contributed by atoms with Crippen molar-refractivity contribution < 1.29 is 9.90 Å². The number of imidazole rings is 1. The highest BCUT2D eigenvalue weighted by molar-refractivity contribution is 5.91. The third-order valence-electron chi connectivity index (χ3n) is 4.53. The van der Waals surface area contributed by atoms with Crippen LogP contribution in [0.5, 0.6) is 0 Å². The average Bonchev–Trinajstić information content (AvgIpc) is 3.24. The zero-order valence-electron chi connectivity index (χ0n) is 13.7. The lowest BCUT2D eigenvalue weighted by Crippen LogP contribution is -2.15. The Morgan fingerprint density at radius 2 is 1.92 bits per heavy atom. The van der Waals surface area contributed by atoms with E-state index in [4.69, 9.17) is 0 Å². The molecular formula is C20H17N3O2. The molecule has 4 rings (SSSR count). The van der Waals surface area contributed by atoms with E-state index in [-0.39, 0.29) is 6.04 Å². The van der Waals surface area contributed by atoms with Crippen LogP contribution in [-0.4, -0.2) is 25.6 Å². The first-order valence-electron chi connectivity index (χ1n) is 8.03. The van der Waals surface area contributed by atoms with Crippen LogP contribution in [0.3, 0.4) is 0 Å². The van der Waals surface area contributed by atoms with Crippen molar-refractivity contribution in [3.05, 3.63) is 89.6 Å². The summed E-state index contributed by atoms with van der Waals surface area (Å²) in [5, 5.41) is 10.7. The van der Waals surface area contributed by atoms with Crippen LogP contribution in [-0.2, 0) is 0 Å². The number of carboxylic acid groups (broad SMARTS) is 1. The van der Waals surface area contributed by atoms with Crippen molar-refractivity contribution in [3.63, 3.8) is 0 Å². The van der Waals surface area contributed by atoms with Crippen molar-refractivity contribution in [2.75, 3.05) is 0 Å². The number of aromatic amines is 1. The summed E-state index contributed by atoms with van der Waals surface area (Å²) in [6.45, 7) is 2.02. The molecule has 2 aromatic carbocycles. The van der Waals surface area contributed by atoms with Crippen LogP contribution in [0.4, 0.5) is 0 Å². The van der Waals surface area contributed by atoms with Gasteiger partial charge in [0, 0.05) is 34.6 Å². The lowest BCUT2D eigenvalue weighted by molar-refractivity contribution is 0.0695. The number of fused-ring (bicyclic) bond motifs is 1. The summed E-state index contributed by atoms with van der Waals surface area (Å²) in [6, 6.07) is 14.9. The van der Waals surface area contributed by atoms with Crippen LogP contribution in [0.2, 0.25) is 0 Å². The molecule has 0 radical (unpaired) electrons. The maximum Gasteiger partial charge on any atom is 0.336 e. The smallest absolute Gasteiger partial charge is 0.336 e. The van der Waals surface area contributed by atoms with Crippen molar-refractivity contribution in [2.45, 2.75) is 13.0 Å². The summed E-state index contributed by atoms with van der Waals surface area (Å²) in [4.78, 5) is 19.4. The minimum atomic E-state index is -0.932. The van der Waals surface area contributed by atoms with Crippen LogP contribution < -0.4 is 0 Å². The Morgan fingerprint density at radius 3 is 2.68 bits per heavy atom. The molecule has 0 bridgehead atoms. The Labute approximate surface area is 144 Å². The molecule has 0 aliphatic rings. The quantitative estimate of drug-likeness (QED) is 0.593. The minimum Gasteiger partial charge on any atom is -0.478 e. The Bertz CT molecular complexity index is 1050. The van der Waals surface area contributed by atoms with Crippen LogP contribution in [0, 0.1) is 6.92 Å². The number of benzene rings is 2. The third kappa shape index (κ3) is 2.50. The first-order chi connectivity index (χ1) is 12.2. The minimum absolute atomic E-state index is 0.272. The van der Waals surface area contributed by atoms with Gasteiger partial charge in [-0.3, -0.25) is 0 Å². The Hall–Kier alpha value is -3.34. The van der Waals surface area contributed by atoms with Crippen molar-refractivity contribution in [3.8, 4) is 0 Å². The summed E-state index contributed by atoms with van der Waals surface area (Å²) < 4.78 is 1.95. The largest absolute Gasteiger partial charge is 0.478 e. The predicted octanol–water partition coefficient (Wildman–Crippen LogP) is 4.01. The van der Waals surface area contributed by atoms with E-state index in [1.54, 1.807) is 24.7 Å². The van der Waals surface area contributed by atoms with Crippen LogP contribution >= 0.6 is 0 Å². The summed E-state index contributed by atoms with van der Waals surface area (Å²) in [6.07, 6.45) is 5.30. The molecule has 0 spiro atoms. The molecule has 0 amide bonds. The van der Waals surface area contributed by atoms with Gasteiger partial charge in [-0.25, -0.2) is 9.78 Å². The number of para-hydroxylation sites is 1. The molecule has 2 N–H and O–H groups in total. The summed E-state index contributed by atoms with van der Waals surface area (Å²) in [5.41, 5.74) is 4.14. The Kier molecular flexibility index (Phi) is 3.61. The summed E-state index contributed by atoms with van der Waals surface area (Å²) in [7, 11) is 0. The van der Waals surface area contributed by atoms with Gasteiger partial charge in [0.25, 0.3) is 0 Å². The Morgan fingerprint density at radius 1 is 1.16 bits per heavy atom. The molecule has 0 fully saturated rings. The maximum absolute atomic E-state index is 11.8. The molecule has 0 saturated heterocycles. The summed E-state index contributed by atoms with van der Waals surface area (Å²) in [5.74, 6) is -0.932. The highest BCUT2D eigenvalue weighted by Crippen LogP contribution is 2.36. The van der Waals surface area contributed by atoms with E-state index in [1.807, 2.05) is 48.0 Å². The van der Waals surface area contributed by atoms with Gasteiger partial charge in [0.05, 0.1) is 17.9 Å². The number of nitrogens with zero attached hydrogens (tertiary/aromatic N) is 2. The molecule has 1 atom stereocenters. The number of aromatic carboxylic acids is 1. The molecule has 0 saturated carbocycles. The molecule has 0 aliphatic heterocycles. The zero-order chi connectivity index (χ0) is 17.4. The highest BCUT2D eigenvalue weighted by Gasteiger charge is 2.26. The van der Waals surface area contributed by atoms with Crippen molar-refractivity contribution in [1.29, 1.82) is 0 Å². The molecular weight excluding hydrogens is 314 g/mol. The third-order valence-corrected chi connectivity index (χ3v) is 4.53. The number of aryl methyl sites for hydroxylation is 1. The number of H-pyrrole nitrogens is 1. The molecule has 4 aromatic rings. The maximum atomic E-state index is 11.8. The van der Waals surface area contributed by atoms with Gasteiger partial charge in [0.1, 0.15) is 0 Å². The van der Waals surface area contributed by atoms with Crippen molar-refractivity contribution in [1.82, 2.24) is 14.5 Å². The Balaban J connectivity index is 2.04. The fourth-order valence-corrected chi connectivity index (χ4v) is 3.47. The lowest BCUT2D eigenvalue weighted by Gasteiger charge is -2.22. The van der Waals surface area contributed by atoms with E-state index in [1.165, 1.54) is 0 Å². The number of aromatic nitrogens is 3. The topological polar surface area (TPSA) is 70.9 Å². The van der Waals surface area contributed by atoms with Crippen molar-refractivity contribution >= 4 is 16.9 Å². The number of nitrogens with one attached hydrogen (secondary N) is 1. The fourth-order valence-electron chi connectivity index (χ4n) is 3.47. The van der Waals surface area contributed by atoms with Crippen LogP contribution in [0.1, 0.15) is 33.2 Å². The molecule has 5 nitrogen and oxygen atoms in total. The standard InChI is InChI=1S/C20H17N3O2/c1-13-18(16-8-4-5-9-17(16)22-13)19(23-11-10-21-12-23)14-6-2-3-7-15(14)20(24)25/h2-12,19,22H,1H3,(H,24,25). The van der Waals surface area contributed by atoms with Crippen LogP contribution in [0.15, 0.2) is 67.3 Å². The number of carboxylic acids is 1. The average molecular weight is 331 g/mol. The van der Waals surface area contributed by atoms with Gasteiger partial charge in [0.15, 0.2) is 0 Å². The normalized spacial score (nSPS) is 12.4. The molecule has 1 unspecified atom stereocenters. The monoisotopic (exact) mass is 331 g/mol. The molecule has 2 heterocycles. The van der Waals surface area contributed by atoms with E-state index >= 15 is 0 Å². The zero-order valence-corrected chi connectivity index (χ0v) is 13.7. The second-order valence-electron chi connectivity index (χ2n) is 6.01. The number of hydrogen-bond acceptors (Lipinski definition) is 2. The second-order valence-corrected chi connectivity index (χ2v) is 6.01. The van der Waals surface area contributed by atoms with E-state index in [0.29, 0.717) is 5.56 Å². The second kappa shape index (κ2) is 5.94. The van der Waals surface area contributed by atoms with Gasteiger partial charge in [-0.15, -0.1) is 0 Å². The number of rotatable bonds is 4. The SMILES string of the molecule is Cc1[nH]c2ccccc2c1C(c1ccccc1C(=O)O)n1ccnc1. The van der Waals surface area contributed by atoms with E-state index in [0.717, 1.165) is 27.7 Å². The van der Waals surface area contributed by atoms with Gasteiger partial charge >= 0.3 is 5.97 Å². The highest BCUT2D eigenvalue weighted by atomic mass is 16.4. The first-order valence-corrected chi connectivity index (χ1v) is 8.03. The number of hydrogen-bond donors (Lipinski definition) is 2. The van der Waals surface area contributed by atoms with Gasteiger partial charge in [-0.1, -0.05) is 36.4 Å². The number of carbonyl (C=O) groups is 1. The fraction of sp³-hybridized carbons (Fsp3) is 0.100. The van der Waals surface area contributed by atoms with E-state index in [2.05, 4.69) is 16.0 Å².